The van der Waals surface area contributed by atoms with Crippen molar-refractivity contribution < 1.29 is 4.39 Å². The Kier molecular flexibility index (Phi) is 6.60. The van der Waals surface area contributed by atoms with E-state index in [1.807, 2.05) is 29.8 Å². The predicted octanol–water partition coefficient (Wildman–Crippen LogP) is 3.34. The average Bonchev–Trinajstić information content (AvgIpc) is 3.57. The lowest BCUT2D eigenvalue weighted by atomic mass is 10.0. The van der Waals surface area contributed by atoms with Gasteiger partial charge < -0.3 is 10.6 Å². The molecular weight excluding hydrogens is 489 g/mol. The molecule has 3 N–H and O–H groups in total. The molecule has 2 aliphatic rings. The van der Waals surface area contributed by atoms with Gasteiger partial charge in [0, 0.05) is 26.3 Å². The van der Waals surface area contributed by atoms with Crippen LogP contribution in [0.25, 0.3) is 16.9 Å². The number of hydrogen-bond donors (Lipinski definition) is 3. The molecule has 7 nitrogen and oxygen atoms in total. The third kappa shape index (κ3) is 4.67. The maximum absolute atomic E-state index is 13.7. The lowest BCUT2D eigenvalue weighted by Crippen LogP contribution is -2.60. The molecule has 0 saturated heterocycles. The molecule has 0 amide bonds. The lowest BCUT2D eigenvalue weighted by Gasteiger charge is -2.18. The van der Waals surface area contributed by atoms with E-state index in [1.54, 1.807) is 19.2 Å². The van der Waals surface area contributed by atoms with Gasteiger partial charge in [0.2, 0.25) is 5.62 Å². The van der Waals surface area contributed by atoms with Crippen LogP contribution in [0.5, 0.6) is 0 Å². The Morgan fingerprint density at radius 2 is 1.72 bits per heavy atom. The number of nitrogens with one attached hydrogen (secondary N) is 3. The van der Waals surface area contributed by atoms with Gasteiger partial charge in [0.05, 0.1) is 17.3 Å². The first-order valence-corrected chi connectivity index (χ1v) is 13.4. The van der Waals surface area contributed by atoms with Gasteiger partial charge in [0.15, 0.2) is 0 Å². The Morgan fingerprint density at radius 1 is 1.00 bits per heavy atom. The minimum absolute atomic E-state index is 0.195. The Labute approximate surface area is 226 Å². The molecule has 1 saturated carbocycles. The Morgan fingerprint density at radius 3 is 2.44 bits per heavy atom. The number of rotatable bonds is 6. The van der Waals surface area contributed by atoms with Crippen molar-refractivity contribution in [2.24, 2.45) is 17.0 Å². The maximum atomic E-state index is 13.7. The molecule has 1 aliphatic carbocycles. The quantitative estimate of drug-likeness (QED) is 0.364. The van der Waals surface area contributed by atoms with Gasteiger partial charge >= 0.3 is 0 Å². The molecule has 6 rings (SSSR count). The summed E-state index contributed by atoms with van der Waals surface area (Å²) in [6.45, 7) is 0.531. The van der Waals surface area contributed by atoms with Crippen molar-refractivity contribution in [2.75, 3.05) is 12.4 Å². The van der Waals surface area contributed by atoms with Crippen LogP contribution in [0, 0.1) is 11.2 Å². The fraction of sp³-hybridized carbons (Fsp3) is 0.258. The van der Waals surface area contributed by atoms with Gasteiger partial charge in [-0.15, -0.1) is 0 Å². The van der Waals surface area contributed by atoms with Gasteiger partial charge in [0.1, 0.15) is 22.6 Å². The van der Waals surface area contributed by atoms with Crippen molar-refractivity contribution >= 4 is 11.5 Å². The summed E-state index contributed by atoms with van der Waals surface area (Å²) in [5.41, 5.74) is 5.97. The van der Waals surface area contributed by atoms with E-state index in [9.17, 15) is 9.80 Å². The Hall–Kier alpha value is -4.46. The van der Waals surface area contributed by atoms with E-state index in [0.29, 0.717) is 28.6 Å². The van der Waals surface area contributed by atoms with E-state index in [-0.39, 0.29) is 17.9 Å². The van der Waals surface area contributed by atoms with Crippen molar-refractivity contribution in [3.63, 3.8) is 0 Å². The highest BCUT2D eigenvalue weighted by Gasteiger charge is 2.34. The number of anilines is 1. The van der Waals surface area contributed by atoms with Gasteiger partial charge in [-0.3, -0.25) is 19.5 Å². The molecule has 0 spiro atoms. The molecule has 2 heterocycles. The first kappa shape index (κ1) is 24.9. The topological polar surface area (TPSA) is 82.5 Å². The second kappa shape index (κ2) is 10.4. The van der Waals surface area contributed by atoms with Crippen LogP contribution in [0.15, 0.2) is 88.8 Å². The van der Waals surface area contributed by atoms with E-state index >= 15 is 0 Å². The average molecular weight is 522 g/mol. The van der Waals surface area contributed by atoms with Crippen molar-refractivity contribution in [1.29, 1.82) is 5.41 Å². The zero-order valence-electron chi connectivity index (χ0n) is 22.2. The van der Waals surface area contributed by atoms with Crippen LogP contribution in [-0.4, -0.2) is 22.2 Å². The van der Waals surface area contributed by atoms with Gasteiger partial charge in [-0.25, -0.2) is 9.38 Å². The number of aromatic nitrogens is 2. The SMILES string of the molecule is CN=c1/c(=C(/NCc2ccc(-c3ccccc3)cc2)Nc2ccc(F)cc2)c(=N)n2c(n1C)=NC1CCCC12. The van der Waals surface area contributed by atoms with E-state index in [0.717, 1.165) is 41.7 Å². The molecule has 3 aromatic carbocycles. The molecule has 0 radical (unpaired) electrons. The molecule has 2 atom stereocenters. The summed E-state index contributed by atoms with van der Waals surface area (Å²) in [5.74, 6) is 0.346. The van der Waals surface area contributed by atoms with Crippen molar-refractivity contribution in [1.82, 2.24) is 14.5 Å². The van der Waals surface area contributed by atoms with Crippen LogP contribution in [0.2, 0.25) is 0 Å². The summed E-state index contributed by atoms with van der Waals surface area (Å²) in [5, 5.41) is 17.0. The monoisotopic (exact) mass is 521 g/mol. The molecule has 2 unspecified atom stereocenters. The minimum Gasteiger partial charge on any atom is -0.367 e. The summed E-state index contributed by atoms with van der Waals surface area (Å²) < 4.78 is 17.7. The largest absolute Gasteiger partial charge is 0.367 e. The van der Waals surface area contributed by atoms with Crippen LogP contribution >= 0.6 is 0 Å². The fourth-order valence-corrected chi connectivity index (χ4v) is 5.74. The first-order valence-electron chi connectivity index (χ1n) is 13.4. The molecular formula is C31H32FN7. The molecule has 1 aromatic heterocycles. The van der Waals surface area contributed by atoms with Gasteiger partial charge in [-0.2, -0.15) is 0 Å². The summed E-state index contributed by atoms with van der Waals surface area (Å²) >= 11 is 0. The molecule has 39 heavy (non-hydrogen) atoms. The minimum atomic E-state index is -0.299. The zero-order chi connectivity index (χ0) is 26.9. The molecule has 198 valence electrons. The molecule has 4 aromatic rings. The number of hydrogen-bond acceptors (Lipinski definition) is 5. The highest BCUT2D eigenvalue weighted by molar-refractivity contribution is 5.64. The number of fused-ring (bicyclic) bond motifs is 3. The molecule has 1 fully saturated rings. The second-order valence-corrected chi connectivity index (χ2v) is 10.1. The third-order valence-corrected chi connectivity index (χ3v) is 7.70. The Bertz CT molecular complexity index is 1750. The molecule has 8 heteroatoms. The van der Waals surface area contributed by atoms with Crippen molar-refractivity contribution in [3.05, 3.63) is 112 Å². The summed E-state index contributed by atoms with van der Waals surface area (Å²) in [4.78, 5) is 9.55. The van der Waals surface area contributed by atoms with Crippen LogP contribution in [-0.2, 0) is 13.6 Å². The smallest absolute Gasteiger partial charge is 0.208 e. The summed E-state index contributed by atoms with van der Waals surface area (Å²) in [7, 11) is 3.70. The van der Waals surface area contributed by atoms with Crippen molar-refractivity contribution in [3.8, 4) is 11.1 Å². The van der Waals surface area contributed by atoms with Crippen LogP contribution in [0.3, 0.4) is 0 Å². The van der Waals surface area contributed by atoms with Crippen molar-refractivity contribution in [2.45, 2.75) is 37.9 Å². The van der Waals surface area contributed by atoms with E-state index in [2.05, 4.69) is 56.6 Å². The number of nitrogens with zero attached hydrogens (tertiary/aromatic N) is 4. The van der Waals surface area contributed by atoms with Gasteiger partial charge in [-0.05, 0) is 60.2 Å². The number of halogens is 1. The summed E-state index contributed by atoms with van der Waals surface area (Å²) in [6.07, 6.45) is 3.17. The van der Waals surface area contributed by atoms with E-state index in [1.165, 1.54) is 17.7 Å². The predicted molar refractivity (Wildman–Crippen MR) is 150 cm³/mol. The maximum Gasteiger partial charge on any atom is 0.208 e. The molecule has 1 aliphatic heterocycles. The van der Waals surface area contributed by atoms with E-state index in [4.69, 9.17) is 4.99 Å². The molecule has 0 bridgehead atoms. The highest BCUT2D eigenvalue weighted by atomic mass is 19.1. The fourth-order valence-electron chi connectivity index (χ4n) is 5.74. The normalized spacial score (nSPS) is 18.8. The van der Waals surface area contributed by atoms with Gasteiger partial charge in [-0.1, -0.05) is 54.6 Å². The lowest BCUT2D eigenvalue weighted by molar-refractivity contribution is 0.464. The highest BCUT2D eigenvalue weighted by Crippen LogP contribution is 2.32. The third-order valence-electron chi connectivity index (χ3n) is 7.70. The summed E-state index contributed by atoms with van der Waals surface area (Å²) in [6, 6.07) is 25.4. The first-order chi connectivity index (χ1) is 19.0. The van der Waals surface area contributed by atoms with Gasteiger partial charge in [0.25, 0.3) is 0 Å². The van der Waals surface area contributed by atoms with E-state index < -0.39 is 0 Å². The second-order valence-electron chi connectivity index (χ2n) is 10.1. The van der Waals surface area contributed by atoms with Crippen LogP contribution < -0.4 is 32.4 Å². The number of benzene rings is 3. The zero-order valence-corrected chi connectivity index (χ0v) is 22.2. The standard InChI is InChI=1S/C31H32FN7/c1-34-30-27(28(33)39-26-10-6-9-25(26)37-31(39)38(30)2)29(36-24-17-15-23(32)16-18-24)35-19-20-11-13-22(14-12-20)21-7-4-3-5-8-21/h3-5,7-8,11-18,25-26,33,35-36H,6,9-10,19H2,1-2H3/b29-27-,33-28?,34-30?. The van der Waals surface area contributed by atoms with Crippen LogP contribution in [0.1, 0.15) is 30.9 Å². The van der Waals surface area contributed by atoms with Crippen LogP contribution in [0.4, 0.5) is 10.1 Å². The Balaban J connectivity index is 1.44.